The highest BCUT2D eigenvalue weighted by atomic mass is 16.6. The molecule has 6 nitrogen and oxygen atoms in total. The number of hydrogen-bond donors (Lipinski definition) is 0. The van der Waals surface area contributed by atoms with Crippen molar-refractivity contribution in [2.45, 2.75) is 6.42 Å². The third kappa shape index (κ3) is 2.76. The van der Waals surface area contributed by atoms with E-state index in [0.717, 1.165) is 11.3 Å². The zero-order valence-electron chi connectivity index (χ0n) is 11.8. The van der Waals surface area contributed by atoms with Crippen molar-refractivity contribution in [2.75, 3.05) is 18.1 Å². The molecule has 0 saturated carbocycles. The first kappa shape index (κ1) is 14.1. The average Bonchev–Trinajstić information content (AvgIpc) is 2.54. The molecule has 1 aliphatic rings. The summed E-state index contributed by atoms with van der Waals surface area (Å²) in [6.07, 6.45) is 0.201. The molecule has 0 atom stereocenters. The second-order valence-electron chi connectivity index (χ2n) is 4.96. The molecule has 0 bridgehead atoms. The number of carbonyl (C=O) groups excluding carboxylic acids is 1. The van der Waals surface area contributed by atoms with Crippen molar-refractivity contribution in [2.24, 2.45) is 0 Å². The molecule has 22 heavy (non-hydrogen) atoms. The smallest absolute Gasteiger partial charge is 0.269 e. The number of ether oxygens (including phenoxy) is 1. The normalized spacial score (nSPS) is 13.2. The highest BCUT2D eigenvalue weighted by Gasteiger charge is 2.23. The van der Waals surface area contributed by atoms with Crippen LogP contribution < -0.4 is 9.64 Å². The lowest BCUT2D eigenvalue weighted by Crippen LogP contribution is -2.38. The van der Waals surface area contributed by atoms with Gasteiger partial charge in [0, 0.05) is 12.1 Å². The van der Waals surface area contributed by atoms with Crippen LogP contribution in [-0.2, 0) is 11.2 Å². The van der Waals surface area contributed by atoms with Crippen molar-refractivity contribution in [3.8, 4) is 5.75 Å². The van der Waals surface area contributed by atoms with Crippen molar-refractivity contribution < 1.29 is 14.5 Å². The molecular formula is C16H14N2O4. The van der Waals surface area contributed by atoms with Gasteiger partial charge in [0.1, 0.15) is 12.4 Å². The van der Waals surface area contributed by atoms with Gasteiger partial charge in [-0.1, -0.05) is 24.3 Å². The zero-order valence-corrected chi connectivity index (χ0v) is 11.8. The summed E-state index contributed by atoms with van der Waals surface area (Å²) in [5, 5.41) is 10.6. The number of fused-ring (bicyclic) bond motifs is 1. The molecule has 0 saturated heterocycles. The van der Waals surface area contributed by atoms with Gasteiger partial charge in [0.2, 0.25) is 5.91 Å². The molecule has 0 N–H and O–H groups in total. The summed E-state index contributed by atoms with van der Waals surface area (Å²) in [5.41, 5.74) is 1.54. The lowest BCUT2D eigenvalue weighted by atomic mass is 10.1. The van der Waals surface area contributed by atoms with Crippen LogP contribution in [0.1, 0.15) is 5.56 Å². The maximum absolute atomic E-state index is 12.5. The van der Waals surface area contributed by atoms with Crippen LogP contribution in [-0.4, -0.2) is 24.0 Å². The first-order valence-corrected chi connectivity index (χ1v) is 6.90. The summed E-state index contributed by atoms with van der Waals surface area (Å²) < 4.78 is 5.53. The average molecular weight is 298 g/mol. The Morgan fingerprint density at radius 1 is 1.18 bits per heavy atom. The molecule has 1 aliphatic heterocycles. The Bertz CT molecular complexity index is 712. The Morgan fingerprint density at radius 3 is 2.64 bits per heavy atom. The number of nitro groups is 1. The Balaban J connectivity index is 1.76. The standard InChI is InChI=1S/C16H14N2O4/c19-16(11-12-5-7-13(8-6-12)18(20)21)17-9-10-22-15-4-2-1-3-14(15)17/h1-8H,9-11H2. The van der Waals surface area contributed by atoms with Gasteiger partial charge in [-0.15, -0.1) is 0 Å². The van der Waals surface area contributed by atoms with E-state index in [1.54, 1.807) is 17.0 Å². The molecule has 1 amide bonds. The fourth-order valence-electron chi connectivity index (χ4n) is 2.43. The third-order valence-corrected chi connectivity index (χ3v) is 3.53. The van der Waals surface area contributed by atoms with Crippen LogP contribution >= 0.6 is 0 Å². The Kier molecular flexibility index (Phi) is 3.74. The van der Waals surface area contributed by atoms with Crippen LogP contribution in [0, 0.1) is 10.1 Å². The van der Waals surface area contributed by atoms with Gasteiger partial charge < -0.3 is 9.64 Å². The van der Waals surface area contributed by atoms with Gasteiger partial charge in [-0.2, -0.15) is 0 Å². The van der Waals surface area contributed by atoms with Crippen LogP contribution in [0.4, 0.5) is 11.4 Å². The van der Waals surface area contributed by atoms with E-state index in [4.69, 9.17) is 4.74 Å². The summed E-state index contributed by atoms with van der Waals surface area (Å²) in [5.74, 6) is 0.649. The number of nitro benzene ring substituents is 1. The minimum absolute atomic E-state index is 0.0212. The van der Waals surface area contributed by atoms with Gasteiger partial charge in [-0.25, -0.2) is 0 Å². The van der Waals surface area contributed by atoms with Crippen molar-refractivity contribution in [3.05, 3.63) is 64.2 Å². The molecule has 0 aromatic heterocycles. The number of amides is 1. The van der Waals surface area contributed by atoms with E-state index < -0.39 is 4.92 Å². The molecule has 2 aromatic rings. The van der Waals surface area contributed by atoms with Gasteiger partial charge in [0.15, 0.2) is 0 Å². The summed E-state index contributed by atoms with van der Waals surface area (Å²) in [6, 6.07) is 13.5. The highest BCUT2D eigenvalue weighted by molar-refractivity contribution is 5.96. The number of benzene rings is 2. The molecule has 0 unspecified atom stereocenters. The number of rotatable bonds is 3. The monoisotopic (exact) mass is 298 g/mol. The van der Waals surface area contributed by atoms with Crippen molar-refractivity contribution in [1.82, 2.24) is 0 Å². The summed E-state index contributed by atoms with van der Waals surface area (Å²) in [4.78, 5) is 24.4. The van der Waals surface area contributed by atoms with Crippen molar-refractivity contribution in [3.63, 3.8) is 0 Å². The highest BCUT2D eigenvalue weighted by Crippen LogP contribution is 2.31. The van der Waals surface area contributed by atoms with E-state index in [1.165, 1.54) is 12.1 Å². The predicted molar refractivity (Wildman–Crippen MR) is 81.1 cm³/mol. The number of para-hydroxylation sites is 2. The Morgan fingerprint density at radius 2 is 1.91 bits per heavy atom. The molecule has 3 rings (SSSR count). The molecular weight excluding hydrogens is 284 g/mol. The summed E-state index contributed by atoms with van der Waals surface area (Å²) in [6.45, 7) is 0.964. The van der Waals surface area contributed by atoms with Crippen LogP contribution in [0.3, 0.4) is 0 Å². The van der Waals surface area contributed by atoms with E-state index in [9.17, 15) is 14.9 Å². The molecule has 2 aromatic carbocycles. The van der Waals surface area contributed by atoms with Gasteiger partial charge in [0.05, 0.1) is 23.6 Å². The molecule has 0 spiro atoms. The van der Waals surface area contributed by atoms with Gasteiger partial charge in [-0.05, 0) is 17.7 Å². The minimum atomic E-state index is -0.455. The predicted octanol–water partition coefficient (Wildman–Crippen LogP) is 2.56. The molecule has 6 heteroatoms. The topological polar surface area (TPSA) is 72.7 Å². The number of carbonyl (C=O) groups is 1. The van der Waals surface area contributed by atoms with Crippen LogP contribution in [0.2, 0.25) is 0 Å². The maximum atomic E-state index is 12.5. The second kappa shape index (κ2) is 5.85. The van der Waals surface area contributed by atoms with E-state index >= 15 is 0 Å². The number of nitrogens with zero attached hydrogens (tertiary/aromatic N) is 2. The molecule has 112 valence electrons. The lowest BCUT2D eigenvalue weighted by molar-refractivity contribution is -0.384. The fraction of sp³-hybridized carbons (Fsp3) is 0.188. The summed E-state index contributed by atoms with van der Waals surface area (Å²) >= 11 is 0. The van der Waals surface area contributed by atoms with Crippen LogP contribution in [0.25, 0.3) is 0 Å². The lowest BCUT2D eigenvalue weighted by Gasteiger charge is -2.29. The second-order valence-corrected chi connectivity index (χ2v) is 4.96. The Hall–Kier alpha value is -2.89. The number of hydrogen-bond acceptors (Lipinski definition) is 4. The van der Waals surface area contributed by atoms with E-state index in [-0.39, 0.29) is 18.0 Å². The van der Waals surface area contributed by atoms with E-state index in [0.29, 0.717) is 18.9 Å². The fourth-order valence-corrected chi connectivity index (χ4v) is 2.43. The first-order valence-electron chi connectivity index (χ1n) is 6.90. The number of anilines is 1. The van der Waals surface area contributed by atoms with E-state index in [1.807, 2.05) is 24.3 Å². The molecule has 0 aliphatic carbocycles. The summed E-state index contributed by atoms with van der Waals surface area (Å²) in [7, 11) is 0. The van der Waals surface area contributed by atoms with Crippen LogP contribution in [0.15, 0.2) is 48.5 Å². The minimum Gasteiger partial charge on any atom is -0.490 e. The SMILES string of the molecule is O=C(Cc1ccc([N+](=O)[O-])cc1)N1CCOc2ccccc21. The third-order valence-electron chi connectivity index (χ3n) is 3.53. The van der Waals surface area contributed by atoms with Gasteiger partial charge in [0.25, 0.3) is 5.69 Å². The quantitative estimate of drug-likeness (QED) is 0.645. The maximum Gasteiger partial charge on any atom is 0.269 e. The first-order chi connectivity index (χ1) is 10.6. The van der Waals surface area contributed by atoms with E-state index in [2.05, 4.69) is 0 Å². The van der Waals surface area contributed by atoms with Crippen molar-refractivity contribution >= 4 is 17.3 Å². The van der Waals surface area contributed by atoms with Gasteiger partial charge in [-0.3, -0.25) is 14.9 Å². The molecule has 1 heterocycles. The van der Waals surface area contributed by atoms with Crippen molar-refractivity contribution in [1.29, 1.82) is 0 Å². The largest absolute Gasteiger partial charge is 0.490 e. The number of non-ortho nitro benzene ring substituents is 1. The molecule has 0 radical (unpaired) electrons. The zero-order chi connectivity index (χ0) is 15.5. The Labute approximate surface area is 127 Å². The van der Waals surface area contributed by atoms with Crippen LogP contribution in [0.5, 0.6) is 5.75 Å². The van der Waals surface area contributed by atoms with Gasteiger partial charge >= 0.3 is 0 Å². The molecule has 0 fully saturated rings.